The lowest BCUT2D eigenvalue weighted by Gasteiger charge is -2.17. The zero-order chi connectivity index (χ0) is 28.5. The average molecular weight is 546 g/mol. The van der Waals surface area contributed by atoms with Gasteiger partial charge in [-0.3, -0.25) is 0 Å². The van der Waals surface area contributed by atoms with E-state index in [1.807, 2.05) is 66.1 Å². The minimum atomic E-state index is -1.05. The van der Waals surface area contributed by atoms with Crippen LogP contribution in [-0.4, -0.2) is 47.5 Å². The molecule has 1 N–H and O–H groups in total. The van der Waals surface area contributed by atoms with Crippen molar-refractivity contribution in [1.82, 2.24) is 4.57 Å². The highest BCUT2D eigenvalue weighted by Gasteiger charge is 2.23. The number of nitrogens with zero attached hydrogens (tertiary/aromatic N) is 1. The normalized spacial score (nSPS) is 11.7. The Morgan fingerprint density at radius 2 is 1.60 bits per heavy atom. The molecule has 0 bridgehead atoms. The number of carbonyl (C=O) groups excluding carboxylic acids is 1. The van der Waals surface area contributed by atoms with E-state index in [0.717, 1.165) is 11.1 Å². The third kappa shape index (κ3) is 6.95. The van der Waals surface area contributed by atoms with Gasteiger partial charge in [0, 0.05) is 18.7 Å². The van der Waals surface area contributed by atoms with Crippen LogP contribution in [0.4, 0.5) is 4.39 Å². The number of hydrogen-bond donors (Lipinski definition) is 1. The Balaban J connectivity index is 1.55. The monoisotopic (exact) mass is 545 g/mol. The molecule has 40 heavy (non-hydrogen) atoms. The van der Waals surface area contributed by atoms with E-state index < -0.39 is 12.1 Å². The molecule has 0 aliphatic heterocycles. The van der Waals surface area contributed by atoms with E-state index in [4.69, 9.17) is 14.2 Å². The number of aromatic carboxylic acids is 1. The van der Waals surface area contributed by atoms with Crippen molar-refractivity contribution in [3.05, 3.63) is 102 Å². The maximum Gasteiger partial charge on any atom is 0.337 e. The Labute approximate surface area is 232 Å². The minimum Gasteiger partial charge on any atom is -0.492 e. The Bertz CT molecular complexity index is 1410. The summed E-state index contributed by atoms with van der Waals surface area (Å²) in [5, 5.41) is 10.0. The van der Waals surface area contributed by atoms with Gasteiger partial charge in [0.2, 0.25) is 0 Å². The minimum absolute atomic E-state index is 0.153. The van der Waals surface area contributed by atoms with E-state index in [1.165, 1.54) is 12.1 Å². The number of esters is 1. The quantitative estimate of drug-likeness (QED) is 0.200. The molecule has 1 heterocycles. The van der Waals surface area contributed by atoms with Gasteiger partial charge in [0.1, 0.15) is 18.2 Å². The predicted octanol–water partition coefficient (Wildman–Crippen LogP) is 6.25. The second-order valence-electron chi connectivity index (χ2n) is 9.01. The molecule has 1 atom stereocenters. The van der Waals surface area contributed by atoms with Gasteiger partial charge in [-0.15, -0.1) is 0 Å². The largest absolute Gasteiger partial charge is 0.492 e. The van der Waals surface area contributed by atoms with Crippen molar-refractivity contribution in [1.29, 1.82) is 0 Å². The number of halogens is 1. The second-order valence-corrected chi connectivity index (χ2v) is 9.01. The Hall–Kier alpha value is -4.43. The SMILES string of the molecule is CCOC(=O)C(Cc1ccc(OCCn2c(-c3ccc(F)cc3)cc(C(=O)O)c2-c2ccccc2)cc1)OCC. The van der Waals surface area contributed by atoms with Gasteiger partial charge in [-0.2, -0.15) is 0 Å². The van der Waals surface area contributed by atoms with Crippen LogP contribution >= 0.6 is 0 Å². The van der Waals surface area contributed by atoms with Gasteiger partial charge in [-0.05, 0) is 73.0 Å². The molecule has 0 aliphatic carbocycles. The topological polar surface area (TPSA) is 87.0 Å². The molecule has 7 nitrogen and oxygen atoms in total. The van der Waals surface area contributed by atoms with Crippen molar-refractivity contribution in [2.75, 3.05) is 19.8 Å². The van der Waals surface area contributed by atoms with E-state index in [1.54, 1.807) is 25.1 Å². The second kappa shape index (κ2) is 13.6. The number of carboxylic acids is 1. The van der Waals surface area contributed by atoms with Gasteiger partial charge in [0.15, 0.2) is 6.10 Å². The lowest BCUT2D eigenvalue weighted by molar-refractivity contribution is -0.156. The highest BCUT2D eigenvalue weighted by molar-refractivity contribution is 5.97. The van der Waals surface area contributed by atoms with E-state index >= 15 is 0 Å². The highest BCUT2D eigenvalue weighted by atomic mass is 19.1. The molecule has 8 heteroatoms. The van der Waals surface area contributed by atoms with Gasteiger partial charge in [0.05, 0.1) is 24.4 Å². The molecule has 0 saturated heterocycles. The molecular weight excluding hydrogens is 513 g/mol. The van der Waals surface area contributed by atoms with Crippen LogP contribution in [0.25, 0.3) is 22.5 Å². The van der Waals surface area contributed by atoms with Crippen LogP contribution in [0.5, 0.6) is 5.75 Å². The van der Waals surface area contributed by atoms with Crippen LogP contribution < -0.4 is 4.74 Å². The van der Waals surface area contributed by atoms with E-state index in [2.05, 4.69) is 0 Å². The summed E-state index contributed by atoms with van der Waals surface area (Å²) in [6.07, 6.45) is -0.286. The maximum atomic E-state index is 13.6. The molecule has 3 aromatic carbocycles. The molecule has 0 radical (unpaired) electrons. The average Bonchev–Trinajstić information content (AvgIpc) is 3.34. The summed E-state index contributed by atoms with van der Waals surface area (Å²) < 4.78 is 32.2. The van der Waals surface area contributed by atoms with Crippen molar-refractivity contribution in [3.8, 4) is 28.3 Å². The number of carboxylic acid groups (broad SMARTS) is 1. The van der Waals surface area contributed by atoms with Crippen LogP contribution in [0, 0.1) is 5.82 Å². The van der Waals surface area contributed by atoms with Crippen LogP contribution in [0.15, 0.2) is 84.9 Å². The first-order valence-corrected chi connectivity index (χ1v) is 13.2. The first-order valence-electron chi connectivity index (χ1n) is 13.2. The first kappa shape index (κ1) is 28.6. The van der Waals surface area contributed by atoms with Crippen molar-refractivity contribution in [2.24, 2.45) is 0 Å². The first-order chi connectivity index (χ1) is 19.4. The summed E-state index contributed by atoms with van der Waals surface area (Å²) >= 11 is 0. The highest BCUT2D eigenvalue weighted by Crippen LogP contribution is 2.33. The van der Waals surface area contributed by atoms with Crippen LogP contribution in [0.2, 0.25) is 0 Å². The molecule has 1 aromatic heterocycles. The molecule has 0 saturated carbocycles. The van der Waals surface area contributed by atoms with Crippen molar-refractivity contribution >= 4 is 11.9 Å². The molecule has 0 fully saturated rings. The smallest absolute Gasteiger partial charge is 0.337 e. The molecular formula is C32H32FNO6. The number of hydrogen-bond acceptors (Lipinski definition) is 5. The number of rotatable bonds is 13. The summed E-state index contributed by atoms with van der Waals surface area (Å²) in [7, 11) is 0. The molecule has 0 amide bonds. The van der Waals surface area contributed by atoms with Gasteiger partial charge in [0.25, 0.3) is 0 Å². The summed E-state index contributed by atoms with van der Waals surface area (Å²) in [5.74, 6) is -1.18. The Morgan fingerprint density at radius 1 is 0.900 bits per heavy atom. The van der Waals surface area contributed by atoms with Crippen LogP contribution in [0.3, 0.4) is 0 Å². The Morgan fingerprint density at radius 3 is 2.23 bits per heavy atom. The lowest BCUT2D eigenvalue weighted by atomic mass is 10.1. The zero-order valence-electron chi connectivity index (χ0n) is 22.5. The number of aromatic nitrogens is 1. The Kier molecular flexibility index (Phi) is 9.70. The van der Waals surface area contributed by atoms with E-state index in [9.17, 15) is 19.1 Å². The summed E-state index contributed by atoms with van der Waals surface area (Å²) in [4.78, 5) is 24.4. The zero-order valence-corrected chi connectivity index (χ0v) is 22.5. The van der Waals surface area contributed by atoms with E-state index in [0.29, 0.717) is 48.9 Å². The molecule has 0 spiro atoms. The van der Waals surface area contributed by atoms with Crippen LogP contribution in [-0.2, 0) is 27.2 Å². The van der Waals surface area contributed by atoms with Crippen LogP contribution in [0.1, 0.15) is 29.8 Å². The third-order valence-electron chi connectivity index (χ3n) is 6.36. The molecule has 1 unspecified atom stereocenters. The third-order valence-corrected chi connectivity index (χ3v) is 6.36. The predicted molar refractivity (Wildman–Crippen MR) is 150 cm³/mol. The summed E-state index contributed by atoms with van der Waals surface area (Å²) in [6, 6.07) is 24.3. The van der Waals surface area contributed by atoms with Gasteiger partial charge >= 0.3 is 11.9 Å². The van der Waals surface area contributed by atoms with Gasteiger partial charge in [-0.1, -0.05) is 42.5 Å². The van der Waals surface area contributed by atoms with Gasteiger partial charge in [-0.25, -0.2) is 14.0 Å². The molecule has 0 aliphatic rings. The maximum absolute atomic E-state index is 13.6. The molecule has 208 valence electrons. The summed E-state index contributed by atoms with van der Waals surface area (Å²) in [6.45, 7) is 4.89. The van der Waals surface area contributed by atoms with Crippen molar-refractivity contribution in [3.63, 3.8) is 0 Å². The lowest BCUT2D eigenvalue weighted by Crippen LogP contribution is -2.28. The molecule has 4 aromatic rings. The fourth-order valence-electron chi connectivity index (χ4n) is 4.55. The fraction of sp³-hybridized carbons (Fsp3) is 0.250. The standard InChI is InChI=1S/C32H32FNO6/c1-3-38-29(32(37)39-4-2)20-22-10-16-26(17-11-22)40-19-18-34-28(23-12-14-25(33)15-13-23)21-27(31(35)36)30(34)24-8-6-5-7-9-24/h5-17,21,29H,3-4,18-20H2,1-2H3,(H,35,36). The molecule has 4 rings (SSSR count). The van der Waals surface area contributed by atoms with E-state index in [-0.39, 0.29) is 24.0 Å². The summed E-state index contributed by atoms with van der Waals surface area (Å²) in [5.41, 5.74) is 3.70. The van der Waals surface area contributed by atoms with Crippen molar-refractivity contribution < 1.29 is 33.3 Å². The number of ether oxygens (including phenoxy) is 3. The number of carbonyl (C=O) groups is 2. The fourth-order valence-corrected chi connectivity index (χ4v) is 4.55. The number of benzene rings is 3. The van der Waals surface area contributed by atoms with Gasteiger partial charge < -0.3 is 23.9 Å². The van der Waals surface area contributed by atoms with Crippen molar-refractivity contribution in [2.45, 2.75) is 32.9 Å².